The number of ether oxygens (including phenoxy) is 1. The maximum Gasteiger partial charge on any atom is 0.322 e. The van der Waals surface area contributed by atoms with Crippen molar-refractivity contribution >= 4 is 40.8 Å². The summed E-state index contributed by atoms with van der Waals surface area (Å²) in [6.45, 7) is 1.92. The summed E-state index contributed by atoms with van der Waals surface area (Å²) < 4.78 is 4.93. The molecule has 5 nitrogen and oxygen atoms in total. The fraction of sp³-hybridized carbons (Fsp3) is 0.250. The molecule has 0 saturated heterocycles. The summed E-state index contributed by atoms with van der Waals surface area (Å²) in [5.74, 6) is 0.306. The van der Waals surface area contributed by atoms with Gasteiger partial charge in [0.25, 0.3) is 0 Å². The van der Waals surface area contributed by atoms with Crippen LogP contribution in [0.25, 0.3) is 0 Å². The topological polar surface area (TPSA) is 59.9 Å². The van der Waals surface area contributed by atoms with E-state index in [-0.39, 0.29) is 17.3 Å². The Morgan fingerprint density at radius 1 is 1.15 bits per heavy atom. The largest absolute Gasteiger partial charge is 0.467 e. The Bertz CT molecular complexity index is 624. The van der Waals surface area contributed by atoms with E-state index in [1.807, 2.05) is 13.0 Å². The molecule has 1 atom stereocenters. The fourth-order valence-electron chi connectivity index (χ4n) is 1.61. The van der Waals surface area contributed by atoms with Crippen LogP contribution >= 0.6 is 34.8 Å². The highest BCUT2D eigenvalue weighted by Gasteiger charge is 2.13. The lowest BCUT2D eigenvalue weighted by molar-refractivity contribution is 0.378. The van der Waals surface area contributed by atoms with Crippen LogP contribution in [0.4, 0.5) is 5.95 Å². The fourth-order valence-corrected chi connectivity index (χ4v) is 2.34. The van der Waals surface area contributed by atoms with E-state index < -0.39 is 0 Å². The average molecular weight is 334 g/mol. The highest BCUT2D eigenvalue weighted by molar-refractivity contribution is 6.35. The molecular formula is C12H11Cl3N4O. The van der Waals surface area contributed by atoms with Crippen LogP contribution in [0.1, 0.15) is 18.5 Å². The predicted octanol–water partition coefficient (Wildman–Crippen LogP) is 4.01. The minimum Gasteiger partial charge on any atom is -0.467 e. The molecule has 1 heterocycles. The zero-order valence-electron chi connectivity index (χ0n) is 10.7. The van der Waals surface area contributed by atoms with Crippen LogP contribution in [0.5, 0.6) is 6.01 Å². The first-order valence-corrected chi connectivity index (χ1v) is 6.80. The van der Waals surface area contributed by atoms with Gasteiger partial charge in [-0.05, 0) is 36.2 Å². The Morgan fingerprint density at radius 3 is 2.55 bits per heavy atom. The quantitative estimate of drug-likeness (QED) is 0.916. The third-order valence-corrected chi connectivity index (χ3v) is 3.28. The van der Waals surface area contributed by atoms with E-state index >= 15 is 0 Å². The molecule has 8 heteroatoms. The molecule has 0 aliphatic heterocycles. The van der Waals surface area contributed by atoms with E-state index in [9.17, 15) is 0 Å². The lowest BCUT2D eigenvalue weighted by Gasteiger charge is -2.16. The van der Waals surface area contributed by atoms with Gasteiger partial charge in [0.1, 0.15) is 0 Å². The summed E-state index contributed by atoms with van der Waals surface area (Å²) in [5.41, 5.74) is 0.867. The number of nitrogens with one attached hydrogen (secondary N) is 1. The van der Waals surface area contributed by atoms with E-state index in [1.165, 1.54) is 7.11 Å². The molecule has 20 heavy (non-hydrogen) atoms. The summed E-state index contributed by atoms with van der Waals surface area (Å²) in [7, 11) is 1.45. The summed E-state index contributed by atoms with van der Waals surface area (Å²) in [5, 5.41) is 4.27. The molecule has 1 unspecified atom stereocenters. The average Bonchev–Trinajstić information content (AvgIpc) is 2.37. The number of aromatic nitrogens is 3. The molecule has 0 spiro atoms. The Morgan fingerprint density at radius 2 is 1.90 bits per heavy atom. The second-order valence-corrected chi connectivity index (χ2v) is 5.13. The van der Waals surface area contributed by atoms with Gasteiger partial charge < -0.3 is 10.1 Å². The second-order valence-electron chi connectivity index (χ2n) is 3.95. The van der Waals surface area contributed by atoms with Gasteiger partial charge in [-0.3, -0.25) is 0 Å². The number of halogens is 3. The van der Waals surface area contributed by atoms with Gasteiger partial charge in [0.15, 0.2) is 0 Å². The van der Waals surface area contributed by atoms with Crippen molar-refractivity contribution in [2.75, 3.05) is 12.4 Å². The van der Waals surface area contributed by atoms with E-state index in [1.54, 1.807) is 12.1 Å². The minimum absolute atomic E-state index is 0.0498. The zero-order valence-corrected chi connectivity index (χ0v) is 13.0. The molecule has 0 saturated carbocycles. The van der Waals surface area contributed by atoms with Crippen LogP contribution in [0.15, 0.2) is 18.2 Å². The van der Waals surface area contributed by atoms with Gasteiger partial charge in [0.05, 0.1) is 13.2 Å². The summed E-state index contributed by atoms with van der Waals surface area (Å²) in [4.78, 5) is 11.8. The van der Waals surface area contributed by atoms with Crippen LogP contribution in [0.3, 0.4) is 0 Å². The first kappa shape index (κ1) is 15.1. The molecule has 2 aromatic rings. The highest BCUT2D eigenvalue weighted by atomic mass is 35.5. The van der Waals surface area contributed by atoms with Gasteiger partial charge in [-0.25, -0.2) is 0 Å². The molecule has 0 aliphatic carbocycles. The van der Waals surface area contributed by atoms with Gasteiger partial charge in [-0.1, -0.05) is 29.3 Å². The third-order valence-electron chi connectivity index (χ3n) is 2.54. The molecule has 1 aromatic carbocycles. The van der Waals surface area contributed by atoms with E-state index in [0.29, 0.717) is 16.0 Å². The van der Waals surface area contributed by atoms with E-state index in [4.69, 9.17) is 39.5 Å². The van der Waals surface area contributed by atoms with Crippen LogP contribution in [0.2, 0.25) is 15.3 Å². The van der Waals surface area contributed by atoms with Crippen LogP contribution in [-0.2, 0) is 0 Å². The van der Waals surface area contributed by atoms with Gasteiger partial charge >= 0.3 is 6.01 Å². The molecule has 1 N–H and O–H groups in total. The third kappa shape index (κ3) is 3.62. The van der Waals surface area contributed by atoms with Crippen LogP contribution in [-0.4, -0.2) is 22.1 Å². The Kier molecular flexibility index (Phi) is 4.86. The van der Waals surface area contributed by atoms with Crippen molar-refractivity contribution in [3.63, 3.8) is 0 Å². The number of anilines is 1. The number of hydrogen-bond acceptors (Lipinski definition) is 5. The molecule has 0 amide bonds. The first-order chi connectivity index (χ1) is 9.49. The van der Waals surface area contributed by atoms with Gasteiger partial charge in [0, 0.05) is 10.0 Å². The summed E-state index contributed by atoms with van der Waals surface area (Å²) in [6.07, 6.45) is 0. The van der Waals surface area contributed by atoms with Gasteiger partial charge in [-0.2, -0.15) is 15.0 Å². The maximum absolute atomic E-state index is 6.15. The highest BCUT2D eigenvalue weighted by Crippen LogP contribution is 2.28. The Labute approximate surface area is 131 Å². The summed E-state index contributed by atoms with van der Waals surface area (Å²) in [6, 6.07) is 5.28. The molecule has 2 rings (SSSR count). The lowest BCUT2D eigenvalue weighted by Crippen LogP contribution is -2.11. The number of hydrogen-bond donors (Lipinski definition) is 1. The number of methoxy groups -OCH3 is 1. The maximum atomic E-state index is 6.15. The van der Waals surface area contributed by atoms with Gasteiger partial charge in [-0.15, -0.1) is 0 Å². The van der Waals surface area contributed by atoms with E-state index in [2.05, 4.69) is 20.3 Å². The zero-order chi connectivity index (χ0) is 14.7. The monoisotopic (exact) mass is 332 g/mol. The Balaban J connectivity index is 2.22. The van der Waals surface area contributed by atoms with Crippen molar-refractivity contribution in [3.8, 4) is 6.01 Å². The predicted molar refractivity (Wildman–Crippen MR) is 79.9 cm³/mol. The smallest absolute Gasteiger partial charge is 0.322 e. The van der Waals surface area contributed by atoms with Crippen LogP contribution < -0.4 is 10.1 Å². The SMILES string of the molecule is COc1nc(Cl)nc(NC(C)c2ccc(Cl)cc2Cl)n1. The van der Waals surface area contributed by atoms with Gasteiger partial charge in [0.2, 0.25) is 11.2 Å². The molecule has 1 aromatic heterocycles. The van der Waals surface area contributed by atoms with Crippen LogP contribution in [0, 0.1) is 0 Å². The normalized spacial score (nSPS) is 12.1. The summed E-state index contributed by atoms with van der Waals surface area (Å²) >= 11 is 17.8. The molecule has 0 aliphatic rings. The van der Waals surface area contributed by atoms with Crippen molar-refractivity contribution in [1.29, 1.82) is 0 Å². The molecular weight excluding hydrogens is 323 g/mol. The number of nitrogens with zero attached hydrogens (tertiary/aromatic N) is 3. The van der Waals surface area contributed by atoms with Crippen molar-refractivity contribution in [1.82, 2.24) is 15.0 Å². The van der Waals surface area contributed by atoms with E-state index in [0.717, 1.165) is 5.56 Å². The second kappa shape index (κ2) is 6.43. The molecule has 0 bridgehead atoms. The molecule has 106 valence electrons. The number of benzene rings is 1. The molecule has 0 fully saturated rings. The standard InChI is InChI=1S/C12H11Cl3N4O/c1-6(8-4-3-7(13)5-9(8)14)16-11-17-10(15)18-12(19-11)20-2/h3-6H,1-2H3,(H,16,17,18,19). The van der Waals surface area contributed by atoms with Crippen molar-refractivity contribution in [2.24, 2.45) is 0 Å². The Hall–Kier alpha value is -1.30. The minimum atomic E-state index is -0.136. The first-order valence-electron chi connectivity index (χ1n) is 5.66. The van der Waals surface area contributed by atoms with Crippen molar-refractivity contribution < 1.29 is 4.74 Å². The lowest BCUT2D eigenvalue weighted by atomic mass is 10.1. The molecule has 0 radical (unpaired) electrons. The van der Waals surface area contributed by atoms with Crippen molar-refractivity contribution in [2.45, 2.75) is 13.0 Å². The number of rotatable bonds is 4. The van der Waals surface area contributed by atoms with Crippen molar-refractivity contribution in [3.05, 3.63) is 39.1 Å².